The SMILES string of the molecule is Cc1cc(Nc2nc(N[C@@H]3CCC4CC[C@@H](C3)N4CCC#N)cn3cnnc23)n[nH]1. The lowest BCUT2D eigenvalue weighted by molar-refractivity contribution is 0.198. The van der Waals surface area contributed by atoms with E-state index in [0.717, 1.165) is 37.3 Å². The van der Waals surface area contributed by atoms with Crippen LogP contribution >= 0.6 is 0 Å². The molecule has 2 aliphatic rings. The maximum absolute atomic E-state index is 8.99. The third kappa shape index (κ3) is 3.68. The Morgan fingerprint density at radius 2 is 2.10 bits per heavy atom. The van der Waals surface area contributed by atoms with Gasteiger partial charge in [-0.05, 0) is 39.0 Å². The topological polar surface area (TPSA) is 123 Å². The molecule has 3 atom stereocenters. The first kappa shape index (κ1) is 18.8. The highest BCUT2D eigenvalue weighted by molar-refractivity contribution is 5.69. The summed E-state index contributed by atoms with van der Waals surface area (Å²) in [6.07, 6.45) is 10.0. The van der Waals surface area contributed by atoms with Crippen molar-refractivity contribution in [2.75, 3.05) is 17.2 Å². The molecule has 0 amide bonds. The highest BCUT2D eigenvalue weighted by Crippen LogP contribution is 2.35. The molecular weight excluding hydrogens is 380 g/mol. The third-order valence-electron chi connectivity index (χ3n) is 6.24. The highest BCUT2D eigenvalue weighted by Gasteiger charge is 2.37. The van der Waals surface area contributed by atoms with Gasteiger partial charge in [-0.2, -0.15) is 10.4 Å². The first-order chi connectivity index (χ1) is 14.7. The Morgan fingerprint density at radius 1 is 1.23 bits per heavy atom. The van der Waals surface area contributed by atoms with Gasteiger partial charge in [0.05, 0.1) is 12.3 Å². The number of aryl methyl sites for hydroxylation is 1. The molecule has 156 valence electrons. The van der Waals surface area contributed by atoms with Crippen molar-refractivity contribution in [2.24, 2.45) is 0 Å². The molecule has 2 bridgehead atoms. The zero-order valence-electron chi connectivity index (χ0n) is 17.0. The molecule has 0 radical (unpaired) electrons. The van der Waals surface area contributed by atoms with E-state index in [0.29, 0.717) is 41.8 Å². The van der Waals surface area contributed by atoms with Crippen molar-refractivity contribution in [1.82, 2.24) is 34.7 Å². The molecule has 10 nitrogen and oxygen atoms in total. The molecule has 2 fully saturated rings. The molecule has 0 saturated carbocycles. The minimum atomic E-state index is 0.354. The Bertz CT molecular complexity index is 1060. The molecule has 3 aromatic heterocycles. The molecular formula is C20H26N10. The lowest BCUT2D eigenvalue weighted by Crippen LogP contribution is -2.36. The van der Waals surface area contributed by atoms with Gasteiger partial charge < -0.3 is 10.6 Å². The summed E-state index contributed by atoms with van der Waals surface area (Å²) in [5.41, 5.74) is 1.63. The van der Waals surface area contributed by atoms with E-state index in [1.165, 1.54) is 12.8 Å². The number of anilines is 3. The van der Waals surface area contributed by atoms with E-state index in [4.69, 9.17) is 10.2 Å². The average Bonchev–Trinajstić information content (AvgIpc) is 3.41. The number of fused-ring (bicyclic) bond motifs is 3. The van der Waals surface area contributed by atoms with E-state index in [1.807, 2.05) is 23.6 Å². The maximum atomic E-state index is 8.99. The Balaban J connectivity index is 1.35. The van der Waals surface area contributed by atoms with Crippen LogP contribution in [0.25, 0.3) is 5.65 Å². The molecule has 0 aliphatic carbocycles. The zero-order valence-corrected chi connectivity index (χ0v) is 17.0. The van der Waals surface area contributed by atoms with Crippen molar-refractivity contribution >= 4 is 23.1 Å². The highest BCUT2D eigenvalue weighted by atomic mass is 15.3. The van der Waals surface area contributed by atoms with Gasteiger partial charge in [-0.25, -0.2) is 4.98 Å². The second-order valence-corrected chi connectivity index (χ2v) is 8.28. The third-order valence-corrected chi connectivity index (χ3v) is 6.24. The number of nitrogens with zero attached hydrogens (tertiary/aromatic N) is 7. The molecule has 30 heavy (non-hydrogen) atoms. The Labute approximate surface area is 174 Å². The van der Waals surface area contributed by atoms with Crippen molar-refractivity contribution in [3.63, 3.8) is 0 Å². The number of hydrogen-bond acceptors (Lipinski definition) is 8. The lowest BCUT2D eigenvalue weighted by atomic mass is 9.97. The van der Waals surface area contributed by atoms with Gasteiger partial charge >= 0.3 is 0 Å². The van der Waals surface area contributed by atoms with E-state index < -0.39 is 0 Å². The van der Waals surface area contributed by atoms with Crippen molar-refractivity contribution in [1.29, 1.82) is 5.26 Å². The summed E-state index contributed by atoms with van der Waals surface area (Å²) in [6.45, 7) is 2.84. The molecule has 3 N–H and O–H groups in total. The Morgan fingerprint density at radius 3 is 2.93 bits per heavy atom. The molecule has 5 heterocycles. The smallest absolute Gasteiger partial charge is 0.204 e. The Kier molecular flexibility index (Phi) is 4.96. The first-order valence-corrected chi connectivity index (χ1v) is 10.6. The van der Waals surface area contributed by atoms with Gasteiger partial charge in [-0.1, -0.05) is 0 Å². The fourth-order valence-electron chi connectivity index (χ4n) is 4.90. The minimum Gasteiger partial charge on any atom is -0.366 e. The largest absolute Gasteiger partial charge is 0.366 e. The first-order valence-electron chi connectivity index (χ1n) is 10.6. The van der Waals surface area contributed by atoms with Crippen molar-refractivity contribution in [3.05, 3.63) is 24.3 Å². The number of hydrogen-bond donors (Lipinski definition) is 3. The molecule has 2 saturated heterocycles. The summed E-state index contributed by atoms with van der Waals surface area (Å²) in [4.78, 5) is 7.34. The maximum Gasteiger partial charge on any atom is 0.204 e. The van der Waals surface area contributed by atoms with Crippen LogP contribution in [0.15, 0.2) is 18.6 Å². The van der Waals surface area contributed by atoms with Gasteiger partial charge in [0.1, 0.15) is 12.1 Å². The zero-order chi connectivity index (χ0) is 20.5. The fourth-order valence-corrected chi connectivity index (χ4v) is 4.90. The lowest BCUT2D eigenvalue weighted by Gasteiger charge is -2.27. The Hall–Kier alpha value is -3.19. The normalized spacial score (nSPS) is 23.9. The van der Waals surface area contributed by atoms with Gasteiger partial charge in [0, 0.05) is 42.9 Å². The standard InChI is InChI=1S/C20H26N10/c1-13-9-17(27-26-13)24-19-20-28-22-12-29(20)11-18(25-19)23-14-3-4-15-5-6-16(10-14)30(15)8-2-7-21/h9,11-12,14-16,23H,2-6,8,10H2,1H3,(H2,24,25,26,27)/t14-,15?,16+/m1/s1. The average molecular weight is 406 g/mol. The summed E-state index contributed by atoms with van der Waals surface area (Å²) in [6, 6.07) is 5.74. The second-order valence-electron chi connectivity index (χ2n) is 8.28. The van der Waals surface area contributed by atoms with E-state index in [9.17, 15) is 0 Å². The van der Waals surface area contributed by atoms with Crippen molar-refractivity contribution in [2.45, 2.75) is 63.6 Å². The van der Waals surface area contributed by atoms with Crippen LogP contribution in [0.5, 0.6) is 0 Å². The van der Waals surface area contributed by atoms with E-state index in [-0.39, 0.29) is 0 Å². The van der Waals surface area contributed by atoms with Gasteiger partial charge in [-0.15, -0.1) is 10.2 Å². The number of aromatic nitrogens is 6. The van der Waals surface area contributed by atoms with Gasteiger partial charge in [0.15, 0.2) is 11.6 Å². The number of nitriles is 1. The fraction of sp³-hybridized carbons (Fsp3) is 0.550. The van der Waals surface area contributed by atoms with Crippen LogP contribution in [0.3, 0.4) is 0 Å². The number of nitrogens with one attached hydrogen (secondary N) is 3. The summed E-state index contributed by atoms with van der Waals surface area (Å²) in [5.74, 6) is 2.11. The van der Waals surface area contributed by atoms with Gasteiger partial charge in [0.2, 0.25) is 5.65 Å². The monoisotopic (exact) mass is 406 g/mol. The number of rotatable bonds is 6. The molecule has 0 aromatic carbocycles. The number of aromatic amines is 1. The van der Waals surface area contributed by atoms with Crippen LogP contribution in [-0.4, -0.2) is 59.3 Å². The summed E-state index contributed by atoms with van der Waals surface area (Å²) in [7, 11) is 0. The minimum absolute atomic E-state index is 0.354. The molecule has 1 unspecified atom stereocenters. The molecule has 5 rings (SSSR count). The number of H-pyrrole nitrogens is 1. The summed E-state index contributed by atoms with van der Waals surface area (Å²) in [5, 5.41) is 31.3. The summed E-state index contributed by atoms with van der Waals surface area (Å²) < 4.78 is 1.87. The van der Waals surface area contributed by atoms with Crippen molar-refractivity contribution in [3.8, 4) is 6.07 Å². The van der Waals surface area contributed by atoms with Crippen LogP contribution < -0.4 is 10.6 Å². The van der Waals surface area contributed by atoms with Crippen LogP contribution in [-0.2, 0) is 0 Å². The van der Waals surface area contributed by atoms with E-state index in [1.54, 1.807) is 6.33 Å². The predicted octanol–water partition coefficient (Wildman–Crippen LogP) is 2.61. The van der Waals surface area contributed by atoms with E-state index in [2.05, 4.69) is 42.0 Å². The van der Waals surface area contributed by atoms with E-state index >= 15 is 0 Å². The summed E-state index contributed by atoms with van der Waals surface area (Å²) >= 11 is 0. The predicted molar refractivity (Wildman–Crippen MR) is 112 cm³/mol. The van der Waals surface area contributed by atoms with Crippen LogP contribution in [0.1, 0.15) is 44.2 Å². The van der Waals surface area contributed by atoms with Crippen LogP contribution in [0.2, 0.25) is 0 Å². The van der Waals surface area contributed by atoms with Crippen LogP contribution in [0.4, 0.5) is 17.5 Å². The van der Waals surface area contributed by atoms with Gasteiger partial charge in [-0.3, -0.25) is 14.4 Å². The molecule has 3 aromatic rings. The molecule has 10 heteroatoms. The quantitative estimate of drug-likeness (QED) is 0.571. The van der Waals surface area contributed by atoms with Crippen molar-refractivity contribution < 1.29 is 0 Å². The molecule has 0 spiro atoms. The second kappa shape index (κ2) is 7.91. The van der Waals surface area contributed by atoms with Crippen LogP contribution in [0, 0.1) is 18.3 Å². The van der Waals surface area contributed by atoms with Gasteiger partial charge in [0.25, 0.3) is 0 Å². The molecule has 2 aliphatic heterocycles.